The van der Waals surface area contributed by atoms with Gasteiger partial charge in [-0.1, -0.05) is 12.1 Å². The van der Waals surface area contributed by atoms with E-state index in [1.807, 2.05) is 10.3 Å². The molecule has 0 spiro atoms. The van der Waals surface area contributed by atoms with Crippen molar-refractivity contribution in [2.75, 3.05) is 33.4 Å². The number of rotatable bonds is 7. The van der Waals surface area contributed by atoms with Crippen LogP contribution in [0, 0.1) is 5.82 Å². The van der Waals surface area contributed by atoms with E-state index in [1.165, 1.54) is 30.6 Å². The first kappa shape index (κ1) is 25.2. The molecule has 1 saturated heterocycles. The van der Waals surface area contributed by atoms with E-state index in [0.717, 1.165) is 6.08 Å². The van der Waals surface area contributed by atoms with Crippen molar-refractivity contribution in [2.45, 2.75) is 12.1 Å². The number of thiazole rings is 1. The predicted octanol–water partition coefficient (Wildman–Crippen LogP) is 2.90. The van der Waals surface area contributed by atoms with E-state index < -0.39 is 29.9 Å². The lowest BCUT2D eigenvalue weighted by Gasteiger charge is -2.34. The third-order valence-corrected chi connectivity index (χ3v) is 7.07. The van der Waals surface area contributed by atoms with Gasteiger partial charge in [-0.15, -0.1) is 11.3 Å². The maximum absolute atomic E-state index is 14.4. The monoisotopic (exact) mass is 564 g/mol. The van der Waals surface area contributed by atoms with Crippen molar-refractivity contribution < 1.29 is 28.6 Å². The Hall–Kier alpha value is -2.93. The van der Waals surface area contributed by atoms with Crippen LogP contribution in [-0.4, -0.2) is 72.2 Å². The number of ether oxygens (including phenoxy) is 2. The van der Waals surface area contributed by atoms with Gasteiger partial charge >= 0.3 is 11.9 Å². The molecule has 0 radical (unpaired) electrons. The number of carboxylic acid groups (broad SMARTS) is 1. The minimum Gasteiger partial charge on any atom is -0.478 e. The van der Waals surface area contributed by atoms with Gasteiger partial charge < -0.3 is 19.9 Å². The van der Waals surface area contributed by atoms with Crippen LogP contribution in [0.25, 0.3) is 0 Å². The number of nitrogens with zero attached hydrogens (tertiary/aromatic N) is 3. The fraction of sp³-hybridized carbons (Fsp3) is 0.304. The molecule has 0 unspecified atom stereocenters. The average Bonchev–Trinajstić information content (AvgIpc) is 3.39. The molecule has 2 N–H and O–H groups in total. The molecule has 9 nitrogen and oxygen atoms in total. The van der Waals surface area contributed by atoms with Gasteiger partial charge in [0.1, 0.15) is 11.9 Å². The zero-order valence-corrected chi connectivity index (χ0v) is 21.0. The van der Waals surface area contributed by atoms with Crippen LogP contribution in [0.15, 0.2) is 62.7 Å². The van der Waals surface area contributed by atoms with Crippen molar-refractivity contribution in [3.05, 3.63) is 74.1 Å². The van der Waals surface area contributed by atoms with Crippen LogP contribution in [0.4, 0.5) is 4.39 Å². The number of carbonyl (C=O) groups excluding carboxylic acids is 1. The molecule has 184 valence electrons. The Morgan fingerprint density at radius 3 is 3.00 bits per heavy atom. The SMILES string of the molecule is COC(=O)C1=C(CN2CCO[C@H](/C=C/C(=O)O)C2)NC(c2nccs2)=N[C@H]1c1cccc(F)c1Br. The maximum Gasteiger partial charge on any atom is 0.338 e. The van der Waals surface area contributed by atoms with E-state index in [2.05, 4.69) is 26.2 Å². The second kappa shape index (κ2) is 11.2. The topological polar surface area (TPSA) is 113 Å². The molecular weight excluding hydrogens is 543 g/mol. The molecule has 0 bridgehead atoms. The minimum absolute atomic E-state index is 0.208. The molecule has 1 fully saturated rings. The largest absolute Gasteiger partial charge is 0.478 e. The number of benzene rings is 1. The van der Waals surface area contributed by atoms with Gasteiger partial charge in [-0.3, -0.25) is 9.89 Å². The summed E-state index contributed by atoms with van der Waals surface area (Å²) in [5.74, 6) is -1.66. The van der Waals surface area contributed by atoms with E-state index in [0.29, 0.717) is 48.3 Å². The zero-order valence-electron chi connectivity index (χ0n) is 18.6. The fourth-order valence-electron chi connectivity index (χ4n) is 3.88. The summed E-state index contributed by atoms with van der Waals surface area (Å²) in [7, 11) is 1.28. The number of aromatic nitrogens is 1. The Morgan fingerprint density at radius 1 is 1.46 bits per heavy atom. The number of morpholine rings is 1. The lowest BCUT2D eigenvalue weighted by atomic mass is 9.95. The van der Waals surface area contributed by atoms with Crippen molar-refractivity contribution in [1.82, 2.24) is 15.2 Å². The van der Waals surface area contributed by atoms with Gasteiger partial charge in [0.25, 0.3) is 0 Å². The highest BCUT2D eigenvalue weighted by Gasteiger charge is 2.35. The minimum atomic E-state index is -1.05. The first-order valence-electron chi connectivity index (χ1n) is 10.6. The fourth-order valence-corrected chi connectivity index (χ4v) is 4.95. The van der Waals surface area contributed by atoms with Gasteiger partial charge in [0.2, 0.25) is 0 Å². The number of carbonyl (C=O) groups is 2. The number of halogens is 2. The van der Waals surface area contributed by atoms with E-state index in [9.17, 15) is 14.0 Å². The Labute approximate surface area is 213 Å². The molecule has 4 rings (SSSR count). The van der Waals surface area contributed by atoms with Crippen molar-refractivity contribution >= 4 is 45.0 Å². The molecule has 0 saturated carbocycles. The van der Waals surface area contributed by atoms with Crippen LogP contribution in [0.3, 0.4) is 0 Å². The predicted molar refractivity (Wildman–Crippen MR) is 131 cm³/mol. The molecule has 2 atom stereocenters. The Balaban J connectivity index is 1.74. The lowest BCUT2D eigenvalue weighted by molar-refractivity contribution is -0.136. The Morgan fingerprint density at radius 2 is 2.29 bits per heavy atom. The highest BCUT2D eigenvalue weighted by molar-refractivity contribution is 9.10. The molecule has 0 aliphatic carbocycles. The summed E-state index contributed by atoms with van der Waals surface area (Å²) in [4.78, 5) is 35.0. The summed E-state index contributed by atoms with van der Waals surface area (Å²) in [5, 5.41) is 14.6. The molecular formula is C23H22BrFN4O5S. The lowest BCUT2D eigenvalue weighted by Crippen LogP contribution is -2.46. The Kier molecular flexibility index (Phi) is 8.06. The van der Waals surface area contributed by atoms with Crippen LogP contribution in [-0.2, 0) is 19.1 Å². The zero-order chi connectivity index (χ0) is 24.9. The number of hydrogen-bond donors (Lipinski definition) is 2. The summed E-state index contributed by atoms with van der Waals surface area (Å²) in [6, 6.07) is 3.74. The van der Waals surface area contributed by atoms with Crippen molar-refractivity contribution in [3.63, 3.8) is 0 Å². The molecule has 2 aromatic rings. The summed E-state index contributed by atoms with van der Waals surface area (Å²) in [6.07, 6.45) is 3.79. The summed E-state index contributed by atoms with van der Waals surface area (Å²) in [6.45, 7) is 1.68. The smallest absolute Gasteiger partial charge is 0.338 e. The average molecular weight is 565 g/mol. The van der Waals surface area contributed by atoms with E-state index >= 15 is 0 Å². The van der Waals surface area contributed by atoms with Crippen molar-refractivity contribution in [2.24, 2.45) is 4.99 Å². The quantitative estimate of drug-likeness (QED) is 0.390. The number of amidine groups is 1. The molecule has 35 heavy (non-hydrogen) atoms. The first-order chi connectivity index (χ1) is 16.9. The van der Waals surface area contributed by atoms with Crippen LogP contribution in [0.2, 0.25) is 0 Å². The van der Waals surface area contributed by atoms with Crippen LogP contribution in [0.1, 0.15) is 16.6 Å². The third-order valence-electron chi connectivity index (χ3n) is 5.46. The maximum atomic E-state index is 14.4. The highest BCUT2D eigenvalue weighted by atomic mass is 79.9. The number of hydrogen-bond acceptors (Lipinski definition) is 9. The van der Waals surface area contributed by atoms with Crippen LogP contribution in [0.5, 0.6) is 0 Å². The molecule has 1 aromatic carbocycles. The van der Waals surface area contributed by atoms with Crippen LogP contribution < -0.4 is 5.32 Å². The normalized spacial score (nSPS) is 21.1. The number of aliphatic imine (C=N–C) groups is 1. The van der Waals surface area contributed by atoms with Gasteiger partial charge in [-0.05, 0) is 33.6 Å². The third kappa shape index (κ3) is 5.84. The van der Waals surface area contributed by atoms with Crippen LogP contribution >= 0.6 is 27.3 Å². The molecule has 0 amide bonds. The molecule has 3 heterocycles. The summed E-state index contributed by atoms with van der Waals surface area (Å²) < 4.78 is 25.4. The van der Waals surface area contributed by atoms with Gasteiger partial charge in [-0.25, -0.2) is 19.0 Å². The molecule has 1 aromatic heterocycles. The van der Waals surface area contributed by atoms with Gasteiger partial charge in [-0.2, -0.15) is 0 Å². The summed E-state index contributed by atoms with van der Waals surface area (Å²) in [5.41, 5.74) is 1.27. The Bertz CT molecular complexity index is 1200. The number of aliphatic carboxylic acids is 1. The second-order valence-corrected chi connectivity index (χ2v) is 9.40. The van der Waals surface area contributed by atoms with Gasteiger partial charge in [0.15, 0.2) is 10.8 Å². The molecule has 2 aliphatic rings. The number of nitrogens with one attached hydrogen (secondary N) is 1. The second-order valence-electron chi connectivity index (χ2n) is 7.71. The van der Waals surface area contributed by atoms with Crippen molar-refractivity contribution in [3.8, 4) is 0 Å². The number of methoxy groups -OCH3 is 1. The highest BCUT2D eigenvalue weighted by Crippen LogP contribution is 2.37. The van der Waals surface area contributed by atoms with Crippen molar-refractivity contribution in [1.29, 1.82) is 0 Å². The molecule has 12 heteroatoms. The molecule has 2 aliphatic heterocycles. The standard InChI is InChI=1S/C23H22BrFN4O5S/c1-33-23(32)18-16(12-29-8-9-34-13(11-29)5-6-17(30)31)27-21(22-26-7-10-35-22)28-20(18)14-3-2-4-15(25)19(14)24/h2-7,10,13,20H,8-9,11-12H2,1H3,(H,27,28)(H,30,31)/b6-5+/t13-,20+/m1/s1. The van der Waals surface area contributed by atoms with E-state index in [1.54, 1.807) is 18.3 Å². The summed E-state index contributed by atoms with van der Waals surface area (Å²) >= 11 is 4.68. The number of carboxylic acids is 1. The van der Waals surface area contributed by atoms with E-state index in [4.69, 9.17) is 19.6 Å². The van der Waals surface area contributed by atoms with Gasteiger partial charge in [0.05, 0.1) is 29.9 Å². The first-order valence-corrected chi connectivity index (χ1v) is 12.3. The van der Waals surface area contributed by atoms with E-state index in [-0.39, 0.29) is 10.0 Å². The van der Waals surface area contributed by atoms with Gasteiger partial charge in [0, 0.05) is 43.0 Å². The number of esters is 1.